The number of nitrogens with zero attached hydrogens (tertiary/aromatic N) is 1. The monoisotopic (exact) mass is 504 g/mol. The van der Waals surface area contributed by atoms with Gasteiger partial charge in [-0.15, -0.1) is 0 Å². The Hall–Kier alpha value is -2.89. The van der Waals surface area contributed by atoms with Crippen LogP contribution in [-0.2, 0) is 21.4 Å². The van der Waals surface area contributed by atoms with E-state index in [2.05, 4.69) is 15.4 Å². The predicted molar refractivity (Wildman–Crippen MR) is 136 cm³/mol. The highest BCUT2D eigenvalue weighted by molar-refractivity contribution is 8.00. The second-order valence-electron chi connectivity index (χ2n) is 6.95. The van der Waals surface area contributed by atoms with Crippen LogP contribution in [-0.4, -0.2) is 36.3 Å². The minimum atomic E-state index is -3.81. The van der Waals surface area contributed by atoms with Gasteiger partial charge in [-0.3, -0.25) is 14.3 Å². The molecule has 3 aromatic rings. The van der Waals surface area contributed by atoms with E-state index in [0.29, 0.717) is 29.2 Å². The largest absolute Gasteiger partial charge is 0.362 e. The standard InChI is InChI=1S/C22H24N4O4S3/c1-3-23-22(31)25-33(29,30)17-11-9-16(10-12-17)24-19(27)14-32-20-13-15-7-5-6-8-18(15)21(28)26(20)4-2/h5-13H,3-4,14H2,1-2H3,(H,24,27)(H2,23,25,31). The first-order valence-electron chi connectivity index (χ1n) is 10.2. The summed E-state index contributed by atoms with van der Waals surface area (Å²) in [5, 5.41) is 7.66. The molecule has 8 nitrogen and oxygen atoms in total. The lowest BCUT2D eigenvalue weighted by Gasteiger charge is -2.13. The van der Waals surface area contributed by atoms with Crippen molar-refractivity contribution < 1.29 is 13.2 Å². The zero-order chi connectivity index (χ0) is 24.0. The minimum Gasteiger partial charge on any atom is -0.362 e. The van der Waals surface area contributed by atoms with Crippen LogP contribution in [0.15, 0.2) is 69.3 Å². The zero-order valence-electron chi connectivity index (χ0n) is 18.1. The summed E-state index contributed by atoms with van der Waals surface area (Å²) in [6.45, 7) is 4.68. The summed E-state index contributed by atoms with van der Waals surface area (Å²) in [4.78, 5) is 25.2. The quantitative estimate of drug-likeness (QED) is 0.320. The predicted octanol–water partition coefficient (Wildman–Crippen LogP) is 2.92. The summed E-state index contributed by atoms with van der Waals surface area (Å²) in [5.74, 6) is -0.179. The van der Waals surface area contributed by atoms with Crippen molar-refractivity contribution >= 4 is 61.5 Å². The average molecular weight is 505 g/mol. The highest BCUT2D eigenvalue weighted by Gasteiger charge is 2.16. The Labute approximate surface area is 201 Å². The van der Waals surface area contributed by atoms with Crippen LogP contribution in [0.4, 0.5) is 5.69 Å². The number of hydrogen-bond donors (Lipinski definition) is 3. The van der Waals surface area contributed by atoms with Crippen molar-refractivity contribution in [1.82, 2.24) is 14.6 Å². The lowest BCUT2D eigenvalue weighted by atomic mass is 10.2. The highest BCUT2D eigenvalue weighted by atomic mass is 32.2. The van der Waals surface area contributed by atoms with Gasteiger partial charge in [-0.2, -0.15) is 0 Å². The van der Waals surface area contributed by atoms with Gasteiger partial charge in [-0.1, -0.05) is 30.0 Å². The van der Waals surface area contributed by atoms with Crippen LogP contribution >= 0.6 is 24.0 Å². The minimum absolute atomic E-state index is 0.0196. The maximum atomic E-state index is 12.7. The maximum absolute atomic E-state index is 12.7. The molecule has 1 amide bonds. The van der Waals surface area contributed by atoms with E-state index in [4.69, 9.17) is 12.2 Å². The summed E-state index contributed by atoms with van der Waals surface area (Å²) in [6.07, 6.45) is 0. The Kier molecular flexibility index (Phi) is 8.11. The fraction of sp³-hybridized carbons (Fsp3) is 0.227. The lowest BCUT2D eigenvalue weighted by molar-refractivity contribution is -0.113. The molecule has 0 fully saturated rings. The number of fused-ring (bicyclic) bond motifs is 1. The smallest absolute Gasteiger partial charge is 0.263 e. The van der Waals surface area contributed by atoms with E-state index in [1.54, 1.807) is 17.6 Å². The van der Waals surface area contributed by atoms with Crippen LogP contribution in [0, 0.1) is 0 Å². The van der Waals surface area contributed by atoms with Crippen LogP contribution in [0.2, 0.25) is 0 Å². The average Bonchev–Trinajstić information content (AvgIpc) is 2.78. The first kappa shape index (κ1) is 24.7. The molecule has 0 spiro atoms. The Morgan fingerprint density at radius 3 is 2.45 bits per heavy atom. The maximum Gasteiger partial charge on any atom is 0.263 e. The van der Waals surface area contributed by atoms with Crippen molar-refractivity contribution in [2.45, 2.75) is 30.3 Å². The molecule has 0 radical (unpaired) electrons. The number of carbonyl (C=O) groups is 1. The highest BCUT2D eigenvalue weighted by Crippen LogP contribution is 2.22. The summed E-state index contributed by atoms with van der Waals surface area (Å²) >= 11 is 6.19. The first-order chi connectivity index (χ1) is 15.7. The normalized spacial score (nSPS) is 11.2. The van der Waals surface area contributed by atoms with Gasteiger partial charge in [0, 0.05) is 24.2 Å². The van der Waals surface area contributed by atoms with Crippen molar-refractivity contribution in [3.8, 4) is 0 Å². The zero-order valence-corrected chi connectivity index (χ0v) is 20.6. The summed E-state index contributed by atoms with van der Waals surface area (Å²) < 4.78 is 28.6. The van der Waals surface area contributed by atoms with Crippen molar-refractivity contribution in [1.29, 1.82) is 0 Å². The van der Waals surface area contributed by atoms with E-state index in [0.717, 1.165) is 5.39 Å². The number of anilines is 1. The third kappa shape index (κ3) is 6.12. The SMILES string of the molecule is CCNC(=S)NS(=O)(=O)c1ccc(NC(=O)CSc2cc3ccccc3c(=O)n2CC)cc1. The summed E-state index contributed by atoms with van der Waals surface area (Å²) in [5.41, 5.74) is 0.373. The molecule has 3 N–H and O–H groups in total. The van der Waals surface area contributed by atoms with Gasteiger partial charge in [0.05, 0.1) is 15.7 Å². The number of hydrogen-bond acceptors (Lipinski definition) is 6. The number of nitrogens with one attached hydrogen (secondary N) is 3. The third-order valence-electron chi connectivity index (χ3n) is 4.66. The number of sulfonamides is 1. The number of aromatic nitrogens is 1. The van der Waals surface area contributed by atoms with Gasteiger partial charge in [-0.25, -0.2) is 8.42 Å². The van der Waals surface area contributed by atoms with E-state index in [1.165, 1.54) is 36.0 Å². The molecule has 33 heavy (non-hydrogen) atoms. The van der Waals surface area contributed by atoms with E-state index >= 15 is 0 Å². The van der Waals surface area contributed by atoms with Crippen LogP contribution < -0.4 is 20.9 Å². The van der Waals surface area contributed by atoms with Crippen LogP contribution in [0.1, 0.15) is 13.8 Å². The molecule has 0 aliphatic carbocycles. The van der Waals surface area contributed by atoms with E-state index in [1.807, 2.05) is 31.2 Å². The molecule has 0 aliphatic rings. The summed E-state index contributed by atoms with van der Waals surface area (Å²) in [7, 11) is -3.81. The molecular formula is C22H24N4O4S3. The molecule has 3 rings (SSSR count). The number of rotatable bonds is 8. The number of carbonyl (C=O) groups excluding carboxylic acids is 1. The lowest BCUT2D eigenvalue weighted by Crippen LogP contribution is -2.38. The topological polar surface area (TPSA) is 109 Å². The molecule has 0 saturated carbocycles. The summed E-state index contributed by atoms with van der Waals surface area (Å²) in [6, 6.07) is 15.0. The van der Waals surface area contributed by atoms with Crippen molar-refractivity contribution in [2.24, 2.45) is 0 Å². The van der Waals surface area contributed by atoms with Gasteiger partial charge in [-0.05, 0) is 67.8 Å². The Morgan fingerprint density at radius 1 is 1.09 bits per heavy atom. The van der Waals surface area contributed by atoms with Gasteiger partial charge >= 0.3 is 0 Å². The molecule has 174 valence electrons. The molecule has 0 unspecified atom stereocenters. The molecule has 1 aromatic heterocycles. The fourth-order valence-corrected chi connectivity index (χ4v) is 5.46. The number of thioether (sulfide) groups is 1. The van der Waals surface area contributed by atoms with Gasteiger partial charge in [0.25, 0.3) is 15.6 Å². The molecule has 1 heterocycles. The van der Waals surface area contributed by atoms with Crippen LogP contribution in [0.5, 0.6) is 0 Å². The van der Waals surface area contributed by atoms with Crippen molar-refractivity contribution in [3.05, 3.63) is 65.0 Å². The molecule has 11 heteroatoms. The second-order valence-corrected chi connectivity index (χ2v) is 10.0. The molecule has 0 bridgehead atoms. The second kappa shape index (κ2) is 10.8. The number of amides is 1. The molecular weight excluding hydrogens is 480 g/mol. The van der Waals surface area contributed by atoms with Crippen molar-refractivity contribution in [3.63, 3.8) is 0 Å². The number of benzene rings is 2. The Balaban J connectivity index is 1.66. The van der Waals surface area contributed by atoms with E-state index in [-0.39, 0.29) is 27.2 Å². The molecule has 0 saturated heterocycles. The molecule has 2 aromatic carbocycles. The van der Waals surface area contributed by atoms with Crippen LogP contribution in [0.3, 0.4) is 0 Å². The fourth-order valence-electron chi connectivity index (χ4n) is 3.12. The molecule has 0 atom stereocenters. The number of thiocarbonyl (C=S) groups is 1. The Morgan fingerprint density at radius 2 is 1.79 bits per heavy atom. The first-order valence-corrected chi connectivity index (χ1v) is 13.1. The van der Waals surface area contributed by atoms with E-state index in [9.17, 15) is 18.0 Å². The van der Waals surface area contributed by atoms with Crippen LogP contribution in [0.25, 0.3) is 10.8 Å². The van der Waals surface area contributed by atoms with Gasteiger partial charge in [0.1, 0.15) is 0 Å². The van der Waals surface area contributed by atoms with E-state index < -0.39 is 10.0 Å². The van der Waals surface area contributed by atoms with Gasteiger partial charge in [0.15, 0.2) is 5.11 Å². The van der Waals surface area contributed by atoms with Gasteiger partial charge in [0.2, 0.25) is 5.91 Å². The Bertz CT molecular complexity index is 1340. The van der Waals surface area contributed by atoms with Gasteiger partial charge < -0.3 is 15.2 Å². The van der Waals surface area contributed by atoms with Crippen molar-refractivity contribution in [2.75, 3.05) is 17.6 Å². The third-order valence-corrected chi connectivity index (χ3v) is 7.44. The number of pyridine rings is 1. The molecule has 0 aliphatic heterocycles.